The zero-order chi connectivity index (χ0) is 11.5. The van der Waals surface area contributed by atoms with E-state index in [2.05, 4.69) is 15.0 Å². The predicted octanol–water partition coefficient (Wildman–Crippen LogP) is 1.96. The van der Waals surface area contributed by atoms with Crippen LogP contribution in [0.15, 0.2) is 35.4 Å². The molecule has 0 aromatic carbocycles. The van der Waals surface area contributed by atoms with Gasteiger partial charge in [-0.25, -0.2) is 4.98 Å². The number of hydrogen-bond acceptors (Lipinski definition) is 3. The number of nitrogens with one attached hydrogen (secondary N) is 1. The van der Waals surface area contributed by atoms with E-state index < -0.39 is 0 Å². The first-order valence-electron chi connectivity index (χ1n) is 5.18. The molecule has 16 heavy (non-hydrogen) atoms. The van der Waals surface area contributed by atoms with E-state index in [9.17, 15) is 4.79 Å². The minimum Gasteiger partial charge on any atom is -0.310 e. The largest absolute Gasteiger partial charge is 0.310 e. The number of aromatic amines is 1. The molecule has 0 saturated carbocycles. The van der Waals surface area contributed by atoms with Crippen molar-refractivity contribution >= 4 is 0 Å². The molecular weight excluding hydrogens is 202 g/mol. The van der Waals surface area contributed by atoms with Gasteiger partial charge in [0, 0.05) is 29.9 Å². The quantitative estimate of drug-likeness (QED) is 0.833. The Hall–Kier alpha value is -1.97. The van der Waals surface area contributed by atoms with Crippen LogP contribution in [0.25, 0.3) is 11.3 Å². The van der Waals surface area contributed by atoms with E-state index in [1.165, 1.54) is 6.07 Å². The maximum atomic E-state index is 11.5. The third kappa shape index (κ3) is 2.16. The fourth-order valence-electron chi connectivity index (χ4n) is 1.42. The van der Waals surface area contributed by atoms with Gasteiger partial charge in [0.05, 0.1) is 5.69 Å². The molecule has 0 amide bonds. The highest BCUT2D eigenvalue weighted by Gasteiger charge is 2.06. The van der Waals surface area contributed by atoms with Crippen molar-refractivity contribution in [1.29, 1.82) is 0 Å². The van der Waals surface area contributed by atoms with Gasteiger partial charge in [0.1, 0.15) is 5.82 Å². The van der Waals surface area contributed by atoms with Gasteiger partial charge in [0.15, 0.2) is 0 Å². The van der Waals surface area contributed by atoms with E-state index in [0.29, 0.717) is 11.5 Å². The Morgan fingerprint density at radius 2 is 1.94 bits per heavy atom. The Kier molecular flexibility index (Phi) is 2.81. The minimum atomic E-state index is -0.120. The van der Waals surface area contributed by atoms with Gasteiger partial charge >= 0.3 is 0 Å². The summed E-state index contributed by atoms with van der Waals surface area (Å²) in [5.41, 5.74) is 1.48. The SMILES string of the molecule is CC(C)c1nc(-c2ccncc2)cc(=O)[nH]1. The van der Waals surface area contributed by atoms with Crippen LogP contribution in [0.2, 0.25) is 0 Å². The first-order chi connectivity index (χ1) is 7.66. The molecule has 0 saturated heterocycles. The van der Waals surface area contributed by atoms with Gasteiger partial charge < -0.3 is 4.98 Å². The molecule has 0 radical (unpaired) electrons. The normalized spacial score (nSPS) is 10.7. The summed E-state index contributed by atoms with van der Waals surface area (Å²) in [5, 5.41) is 0. The Morgan fingerprint density at radius 1 is 1.25 bits per heavy atom. The Labute approximate surface area is 93.4 Å². The molecule has 4 nitrogen and oxygen atoms in total. The van der Waals surface area contributed by atoms with E-state index in [1.807, 2.05) is 26.0 Å². The van der Waals surface area contributed by atoms with Crippen molar-refractivity contribution in [3.05, 3.63) is 46.8 Å². The molecule has 0 aliphatic rings. The van der Waals surface area contributed by atoms with Gasteiger partial charge in [-0.15, -0.1) is 0 Å². The van der Waals surface area contributed by atoms with Crippen LogP contribution in [0.1, 0.15) is 25.6 Å². The van der Waals surface area contributed by atoms with Gasteiger partial charge in [-0.1, -0.05) is 13.8 Å². The van der Waals surface area contributed by atoms with Crippen molar-refractivity contribution in [3.8, 4) is 11.3 Å². The third-order valence-electron chi connectivity index (χ3n) is 2.28. The van der Waals surface area contributed by atoms with E-state index in [-0.39, 0.29) is 11.5 Å². The fraction of sp³-hybridized carbons (Fsp3) is 0.250. The molecule has 0 atom stereocenters. The minimum absolute atomic E-state index is 0.120. The molecule has 2 rings (SSSR count). The highest BCUT2D eigenvalue weighted by Crippen LogP contribution is 2.15. The zero-order valence-electron chi connectivity index (χ0n) is 9.27. The summed E-state index contributed by atoms with van der Waals surface area (Å²) < 4.78 is 0. The van der Waals surface area contributed by atoms with Crippen molar-refractivity contribution in [1.82, 2.24) is 15.0 Å². The topological polar surface area (TPSA) is 58.6 Å². The second kappa shape index (κ2) is 4.26. The molecule has 0 aliphatic heterocycles. The number of rotatable bonds is 2. The number of H-pyrrole nitrogens is 1. The first-order valence-corrected chi connectivity index (χ1v) is 5.18. The summed E-state index contributed by atoms with van der Waals surface area (Å²) in [5.74, 6) is 0.911. The predicted molar refractivity (Wildman–Crippen MR) is 62.2 cm³/mol. The van der Waals surface area contributed by atoms with Crippen LogP contribution in [-0.4, -0.2) is 15.0 Å². The van der Waals surface area contributed by atoms with E-state index in [0.717, 1.165) is 5.56 Å². The lowest BCUT2D eigenvalue weighted by atomic mass is 10.1. The monoisotopic (exact) mass is 215 g/mol. The van der Waals surface area contributed by atoms with Crippen LogP contribution in [0, 0.1) is 0 Å². The van der Waals surface area contributed by atoms with Crippen LogP contribution in [0.5, 0.6) is 0 Å². The average molecular weight is 215 g/mol. The fourth-order valence-corrected chi connectivity index (χ4v) is 1.42. The zero-order valence-corrected chi connectivity index (χ0v) is 9.27. The van der Waals surface area contributed by atoms with Crippen LogP contribution in [0.4, 0.5) is 0 Å². The van der Waals surface area contributed by atoms with Crippen LogP contribution in [-0.2, 0) is 0 Å². The number of hydrogen-bond donors (Lipinski definition) is 1. The summed E-state index contributed by atoms with van der Waals surface area (Å²) in [6.07, 6.45) is 3.38. The van der Waals surface area contributed by atoms with E-state index in [1.54, 1.807) is 12.4 Å². The molecule has 1 N–H and O–H groups in total. The van der Waals surface area contributed by atoms with Crippen molar-refractivity contribution in [2.24, 2.45) is 0 Å². The molecule has 2 aromatic rings. The molecule has 4 heteroatoms. The van der Waals surface area contributed by atoms with Gasteiger partial charge in [-0.05, 0) is 12.1 Å². The van der Waals surface area contributed by atoms with Crippen molar-refractivity contribution in [2.75, 3.05) is 0 Å². The van der Waals surface area contributed by atoms with Crippen molar-refractivity contribution < 1.29 is 0 Å². The first kappa shape index (κ1) is 10.5. The number of nitrogens with zero attached hydrogens (tertiary/aromatic N) is 2. The summed E-state index contributed by atoms with van der Waals surface area (Å²) in [6, 6.07) is 5.18. The Balaban J connectivity index is 2.54. The number of aromatic nitrogens is 3. The molecule has 0 fully saturated rings. The lowest BCUT2D eigenvalue weighted by Crippen LogP contribution is -2.12. The van der Waals surface area contributed by atoms with Crippen molar-refractivity contribution in [2.45, 2.75) is 19.8 Å². The maximum Gasteiger partial charge on any atom is 0.251 e. The summed E-state index contributed by atoms with van der Waals surface area (Å²) in [7, 11) is 0. The van der Waals surface area contributed by atoms with E-state index >= 15 is 0 Å². The molecule has 0 bridgehead atoms. The van der Waals surface area contributed by atoms with Gasteiger partial charge in [0.25, 0.3) is 5.56 Å². The number of pyridine rings is 1. The highest BCUT2D eigenvalue weighted by molar-refractivity contribution is 5.57. The van der Waals surface area contributed by atoms with Gasteiger partial charge in [0.2, 0.25) is 0 Å². The smallest absolute Gasteiger partial charge is 0.251 e. The molecule has 2 heterocycles. The molecule has 2 aromatic heterocycles. The summed E-state index contributed by atoms with van der Waals surface area (Å²) in [6.45, 7) is 3.99. The molecule has 0 aliphatic carbocycles. The standard InChI is InChI=1S/C12H13N3O/c1-8(2)12-14-10(7-11(16)15-12)9-3-5-13-6-4-9/h3-8H,1-2H3,(H,14,15,16). The lowest BCUT2D eigenvalue weighted by Gasteiger charge is -2.06. The molecule has 0 unspecified atom stereocenters. The highest BCUT2D eigenvalue weighted by atomic mass is 16.1. The van der Waals surface area contributed by atoms with Gasteiger partial charge in [-0.3, -0.25) is 9.78 Å². The summed E-state index contributed by atoms with van der Waals surface area (Å²) in [4.78, 5) is 22.6. The van der Waals surface area contributed by atoms with Crippen molar-refractivity contribution in [3.63, 3.8) is 0 Å². The second-order valence-corrected chi connectivity index (χ2v) is 3.91. The summed E-state index contributed by atoms with van der Waals surface area (Å²) >= 11 is 0. The van der Waals surface area contributed by atoms with E-state index in [4.69, 9.17) is 0 Å². The Bertz CT molecular complexity index is 531. The average Bonchev–Trinajstić information content (AvgIpc) is 2.29. The lowest BCUT2D eigenvalue weighted by molar-refractivity contribution is 0.768. The Morgan fingerprint density at radius 3 is 2.56 bits per heavy atom. The third-order valence-corrected chi connectivity index (χ3v) is 2.28. The molecule has 0 spiro atoms. The van der Waals surface area contributed by atoms with Gasteiger partial charge in [-0.2, -0.15) is 0 Å². The molecule has 82 valence electrons. The van der Waals surface area contributed by atoms with Crippen LogP contribution >= 0.6 is 0 Å². The molecular formula is C12H13N3O. The van der Waals surface area contributed by atoms with Crippen LogP contribution in [0.3, 0.4) is 0 Å². The maximum absolute atomic E-state index is 11.5. The van der Waals surface area contributed by atoms with Crippen LogP contribution < -0.4 is 5.56 Å². The second-order valence-electron chi connectivity index (χ2n) is 3.91.